The number of aliphatic hydroxyl groups is 1. The predicted molar refractivity (Wildman–Crippen MR) is 83.4 cm³/mol. The van der Waals surface area contributed by atoms with Gasteiger partial charge in [-0.2, -0.15) is 0 Å². The number of nitrogens with one attached hydrogen (secondary N) is 1. The number of rotatable bonds is 7. The third-order valence-corrected chi connectivity index (χ3v) is 3.90. The van der Waals surface area contributed by atoms with Crippen LogP contribution in [0.5, 0.6) is 0 Å². The second-order valence-electron chi connectivity index (χ2n) is 5.52. The van der Waals surface area contributed by atoms with Crippen molar-refractivity contribution in [2.45, 2.75) is 45.1 Å². The zero-order valence-electron chi connectivity index (χ0n) is 12.7. The topological polar surface area (TPSA) is 65.5 Å². The molecule has 0 aliphatic carbocycles. The predicted octanol–water partition coefficient (Wildman–Crippen LogP) is 2.28. The molecule has 1 aromatic heterocycles. The molecule has 1 aliphatic heterocycles. The maximum Gasteiger partial charge on any atom is 0.255 e. The maximum absolute atomic E-state index is 12.5. The van der Waals surface area contributed by atoms with Crippen LogP contribution in [0.2, 0.25) is 0 Å². The molecule has 1 fully saturated rings. The van der Waals surface area contributed by atoms with E-state index in [9.17, 15) is 4.79 Å². The second kappa shape index (κ2) is 7.98. The third kappa shape index (κ3) is 4.17. The van der Waals surface area contributed by atoms with Gasteiger partial charge in [0.05, 0.1) is 5.56 Å². The quantitative estimate of drug-likeness (QED) is 0.809. The lowest BCUT2D eigenvalue weighted by molar-refractivity contribution is 0.0724. The first-order chi connectivity index (χ1) is 10.3. The number of likely N-dealkylation sites (tertiary alicyclic amines) is 1. The van der Waals surface area contributed by atoms with Crippen molar-refractivity contribution in [3.63, 3.8) is 0 Å². The molecule has 116 valence electrons. The van der Waals surface area contributed by atoms with E-state index in [4.69, 9.17) is 5.11 Å². The summed E-state index contributed by atoms with van der Waals surface area (Å²) in [5.74, 6) is 0.872. The van der Waals surface area contributed by atoms with Gasteiger partial charge in [0, 0.05) is 31.9 Å². The van der Waals surface area contributed by atoms with Gasteiger partial charge < -0.3 is 15.3 Å². The first-order valence-corrected chi connectivity index (χ1v) is 7.88. The first kappa shape index (κ1) is 15.8. The van der Waals surface area contributed by atoms with E-state index in [1.165, 1.54) is 0 Å². The molecular weight excluding hydrogens is 266 g/mol. The molecule has 0 bridgehead atoms. The molecule has 0 spiro atoms. The molecule has 2 heterocycles. The van der Waals surface area contributed by atoms with Crippen LogP contribution in [-0.2, 0) is 0 Å². The Kier molecular flexibility index (Phi) is 5.99. The van der Waals surface area contributed by atoms with Gasteiger partial charge in [-0.1, -0.05) is 6.92 Å². The normalized spacial score (nSPS) is 18.0. The molecule has 0 saturated carbocycles. The molecule has 1 saturated heterocycles. The minimum Gasteiger partial charge on any atom is -0.396 e. The van der Waals surface area contributed by atoms with Gasteiger partial charge in [-0.15, -0.1) is 0 Å². The van der Waals surface area contributed by atoms with E-state index < -0.39 is 0 Å². The van der Waals surface area contributed by atoms with E-state index in [2.05, 4.69) is 17.2 Å². The average Bonchev–Trinajstić information content (AvgIpc) is 2.99. The van der Waals surface area contributed by atoms with E-state index in [1.807, 2.05) is 17.0 Å². The summed E-state index contributed by atoms with van der Waals surface area (Å²) in [6.07, 6.45) is 6.42. The number of hydrogen-bond acceptors (Lipinski definition) is 4. The maximum atomic E-state index is 12.5. The highest BCUT2D eigenvalue weighted by atomic mass is 16.3. The third-order valence-electron chi connectivity index (χ3n) is 3.90. The van der Waals surface area contributed by atoms with E-state index in [0.717, 1.165) is 51.0 Å². The summed E-state index contributed by atoms with van der Waals surface area (Å²) in [5, 5.41) is 12.2. The fourth-order valence-electron chi connectivity index (χ4n) is 2.77. The summed E-state index contributed by atoms with van der Waals surface area (Å²) >= 11 is 0. The van der Waals surface area contributed by atoms with Crippen LogP contribution in [0.4, 0.5) is 5.82 Å². The van der Waals surface area contributed by atoms with Gasteiger partial charge in [-0.25, -0.2) is 4.98 Å². The Balaban J connectivity index is 1.98. The summed E-state index contributed by atoms with van der Waals surface area (Å²) in [6.45, 7) is 3.99. The Morgan fingerprint density at radius 3 is 3.05 bits per heavy atom. The van der Waals surface area contributed by atoms with Crippen LogP contribution in [0.15, 0.2) is 18.3 Å². The highest BCUT2D eigenvalue weighted by Gasteiger charge is 2.28. The number of carbonyl (C=O) groups is 1. The van der Waals surface area contributed by atoms with Crippen molar-refractivity contribution in [2.75, 3.05) is 25.0 Å². The van der Waals surface area contributed by atoms with E-state index in [1.54, 1.807) is 6.20 Å². The molecule has 1 unspecified atom stereocenters. The Bertz CT molecular complexity index is 447. The molecule has 5 nitrogen and oxygen atoms in total. The van der Waals surface area contributed by atoms with Crippen molar-refractivity contribution >= 4 is 11.7 Å². The molecule has 1 amide bonds. The lowest BCUT2D eigenvalue weighted by Gasteiger charge is -2.24. The number of pyridine rings is 1. The van der Waals surface area contributed by atoms with E-state index in [-0.39, 0.29) is 18.6 Å². The van der Waals surface area contributed by atoms with Gasteiger partial charge >= 0.3 is 0 Å². The zero-order valence-corrected chi connectivity index (χ0v) is 12.7. The monoisotopic (exact) mass is 291 g/mol. The van der Waals surface area contributed by atoms with Gasteiger partial charge in [0.15, 0.2) is 0 Å². The van der Waals surface area contributed by atoms with Crippen molar-refractivity contribution in [1.82, 2.24) is 9.88 Å². The van der Waals surface area contributed by atoms with Crippen LogP contribution in [0.1, 0.15) is 49.4 Å². The zero-order chi connectivity index (χ0) is 15.1. The van der Waals surface area contributed by atoms with Crippen LogP contribution in [0, 0.1) is 0 Å². The smallest absolute Gasteiger partial charge is 0.255 e. The molecule has 5 heteroatoms. The summed E-state index contributed by atoms with van der Waals surface area (Å²) in [4.78, 5) is 18.8. The van der Waals surface area contributed by atoms with Crippen LogP contribution in [0.25, 0.3) is 0 Å². The lowest BCUT2D eigenvalue weighted by Crippen LogP contribution is -2.35. The summed E-state index contributed by atoms with van der Waals surface area (Å²) in [6, 6.07) is 3.97. The van der Waals surface area contributed by atoms with Crippen molar-refractivity contribution in [3.8, 4) is 0 Å². The van der Waals surface area contributed by atoms with Gasteiger partial charge in [0.25, 0.3) is 5.91 Å². The molecule has 1 aliphatic rings. The van der Waals surface area contributed by atoms with Gasteiger partial charge in [-0.3, -0.25) is 4.79 Å². The Morgan fingerprint density at radius 1 is 1.52 bits per heavy atom. The highest BCUT2D eigenvalue weighted by molar-refractivity contribution is 5.94. The fourth-order valence-corrected chi connectivity index (χ4v) is 2.77. The number of anilines is 1. The van der Waals surface area contributed by atoms with Crippen LogP contribution in [-0.4, -0.2) is 46.6 Å². The summed E-state index contributed by atoms with van der Waals surface area (Å²) in [5.41, 5.74) is 0.646. The average molecular weight is 291 g/mol. The van der Waals surface area contributed by atoms with Gasteiger partial charge in [-0.05, 0) is 44.2 Å². The van der Waals surface area contributed by atoms with E-state index in [0.29, 0.717) is 5.56 Å². The molecule has 0 aromatic carbocycles. The Morgan fingerprint density at radius 2 is 2.38 bits per heavy atom. The Hall–Kier alpha value is -1.62. The summed E-state index contributed by atoms with van der Waals surface area (Å²) in [7, 11) is 0. The molecule has 1 aromatic rings. The standard InChI is InChI=1S/C16H25N3O2/c1-2-9-17-15-8-7-13(12-18-15)16(21)19-10-3-5-14(19)6-4-11-20/h7-8,12,14,20H,2-6,9-11H2,1H3,(H,17,18). The highest BCUT2D eigenvalue weighted by Crippen LogP contribution is 2.23. The van der Waals surface area contributed by atoms with Gasteiger partial charge in [0.2, 0.25) is 0 Å². The number of carbonyl (C=O) groups excluding carboxylic acids is 1. The second-order valence-corrected chi connectivity index (χ2v) is 5.52. The number of hydrogen-bond donors (Lipinski definition) is 2. The van der Waals surface area contributed by atoms with Crippen molar-refractivity contribution in [3.05, 3.63) is 23.9 Å². The molecule has 21 heavy (non-hydrogen) atoms. The minimum atomic E-state index is 0.0602. The number of aliphatic hydroxyl groups excluding tert-OH is 1. The van der Waals surface area contributed by atoms with Crippen molar-refractivity contribution in [1.29, 1.82) is 0 Å². The SMILES string of the molecule is CCCNc1ccc(C(=O)N2CCCC2CCCO)cn1. The van der Waals surface area contributed by atoms with Crippen molar-refractivity contribution < 1.29 is 9.90 Å². The summed E-state index contributed by atoms with van der Waals surface area (Å²) < 4.78 is 0. The molecule has 0 radical (unpaired) electrons. The molecular formula is C16H25N3O2. The molecule has 2 N–H and O–H groups in total. The van der Waals surface area contributed by atoms with Crippen LogP contribution < -0.4 is 5.32 Å². The lowest BCUT2D eigenvalue weighted by atomic mass is 10.1. The van der Waals surface area contributed by atoms with E-state index >= 15 is 0 Å². The number of amides is 1. The number of aromatic nitrogens is 1. The Labute approximate surface area is 126 Å². The van der Waals surface area contributed by atoms with Crippen LogP contribution >= 0.6 is 0 Å². The number of nitrogens with zero attached hydrogens (tertiary/aromatic N) is 2. The largest absolute Gasteiger partial charge is 0.396 e. The van der Waals surface area contributed by atoms with Crippen molar-refractivity contribution in [2.24, 2.45) is 0 Å². The van der Waals surface area contributed by atoms with Gasteiger partial charge in [0.1, 0.15) is 5.82 Å². The fraction of sp³-hybridized carbons (Fsp3) is 0.625. The van der Waals surface area contributed by atoms with Crippen LogP contribution in [0.3, 0.4) is 0 Å². The molecule has 1 atom stereocenters. The minimum absolute atomic E-state index is 0.0602. The molecule has 2 rings (SSSR count). The first-order valence-electron chi connectivity index (χ1n) is 7.88.